The summed E-state index contributed by atoms with van der Waals surface area (Å²) in [5, 5.41) is 2.72. The highest BCUT2D eigenvalue weighted by atomic mass is 16.1. The largest absolute Gasteiger partial charge is 0.342 e. The average molecular weight is 300 g/mol. The van der Waals surface area contributed by atoms with E-state index in [0.717, 1.165) is 54.4 Å². The molecular weight excluding hydrogens is 276 g/mol. The lowest BCUT2D eigenvalue weighted by molar-refractivity contribution is -0.105. The van der Waals surface area contributed by atoms with Gasteiger partial charge in [-0.1, -0.05) is 19.9 Å². The summed E-state index contributed by atoms with van der Waals surface area (Å²) in [7, 11) is 0. The van der Waals surface area contributed by atoms with Crippen LogP contribution in [0.5, 0.6) is 0 Å². The predicted molar refractivity (Wildman–Crippen MR) is 89.0 cm³/mol. The Kier molecular flexibility index (Phi) is 4.43. The second kappa shape index (κ2) is 6.48. The smallest absolute Gasteiger partial charge is 0.211 e. The zero-order valence-electron chi connectivity index (χ0n) is 13.3. The molecule has 22 heavy (non-hydrogen) atoms. The number of nitrogens with zero attached hydrogens (tertiary/aromatic N) is 2. The highest BCUT2D eigenvalue weighted by molar-refractivity contribution is 5.92. The van der Waals surface area contributed by atoms with E-state index in [-0.39, 0.29) is 0 Å². The third-order valence-corrected chi connectivity index (χ3v) is 4.34. The molecule has 5 heteroatoms. The highest BCUT2D eigenvalue weighted by Gasteiger charge is 2.23. The fourth-order valence-electron chi connectivity index (χ4n) is 3.33. The van der Waals surface area contributed by atoms with Gasteiger partial charge in [-0.25, -0.2) is 4.98 Å². The molecule has 2 N–H and O–H groups in total. The Labute approximate surface area is 131 Å². The summed E-state index contributed by atoms with van der Waals surface area (Å²) in [6.45, 7) is 8.00. The van der Waals surface area contributed by atoms with Crippen molar-refractivity contribution in [2.75, 3.05) is 25.0 Å². The van der Waals surface area contributed by atoms with Gasteiger partial charge in [-0.2, -0.15) is 0 Å². The Bertz CT molecular complexity index is 641. The van der Waals surface area contributed by atoms with Crippen molar-refractivity contribution in [1.82, 2.24) is 14.9 Å². The van der Waals surface area contributed by atoms with Gasteiger partial charge >= 0.3 is 0 Å². The van der Waals surface area contributed by atoms with Crippen LogP contribution in [0.2, 0.25) is 0 Å². The summed E-state index contributed by atoms with van der Waals surface area (Å²) in [4.78, 5) is 21.4. The van der Waals surface area contributed by atoms with Crippen molar-refractivity contribution in [3.8, 4) is 0 Å². The van der Waals surface area contributed by atoms with Crippen LogP contribution in [0.1, 0.15) is 38.4 Å². The number of benzene rings is 1. The van der Waals surface area contributed by atoms with Gasteiger partial charge in [0.15, 0.2) is 0 Å². The van der Waals surface area contributed by atoms with E-state index in [2.05, 4.69) is 29.0 Å². The quantitative estimate of drug-likeness (QED) is 0.835. The fourth-order valence-corrected chi connectivity index (χ4v) is 3.33. The van der Waals surface area contributed by atoms with E-state index < -0.39 is 0 Å². The Morgan fingerprint density at radius 2 is 2.18 bits per heavy atom. The number of aromatic amines is 1. The number of H-pyrrole nitrogens is 1. The summed E-state index contributed by atoms with van der Waals surface area (Å²) < 4.78 is 0. The molecule has 0 aliphatic carbocycles. The van der Waals surface area contributed by atoms with Crippen molar-refractivity contribution in [1.29, 1.82) is 0 Å². The molecule has 1 aliphatic rings. The number of fused-ring (bicyclic) bond motifs is 1. The van der Waals surface area contributed by atoms with Crippen LogP contribution >= 0.6 is 0 Å². The van der Waals surface area contributed by atoms with Crippen molar-refractivity contribution in [2.45, 2.75) is 32.6 Å². The summed E-state index contributed by atoms with van der Waals surface area (Å²) in [5.74, 6) is 2.26. The van der Waals surface area contributed by atoms with Gasteiger partial charge in [-0.15, -0.1) is 0 Å². The lowest BCUT2D eigenvalue weighted by Crippen LogP contribution is -2.35. The fraction of sp³-hybridized carbons (Fsp3) is 0.529. The van der Waals surface area contributed by atoms with Crippen LogP contribution in [-0.2, 0) is 4.79 Å². The number of rotatable bonds is 5. The molecule has 0 atom stereocenters. The van der Waals surface area contributed by atoms with Gasteiger partial charge in [0.25, 0.3) is 0 Å². The molecule has 0 unspecified atom stereocenters. The number of piperidine rings is 1. The van der Waals surface area contributed by atoms with Crippen molar-refractivity contribution >= 4 is 23.1 Å². The van der Waals surface area contributed by atoms with E-state index in [1.165, 1.54) is 6.54 Å². The number of imidazole rings is 1. The van der Waals surface area contributed by atoms with Gasteiger partial charge in [0, 0.05) is 12.5 Å². The Morgan fingerprint density at radius 3 is 2.86 bits per heavy atom. The number of amides is 1. The highest BCUT2D eigenvalue weighted by Crippen LogP contribution is 2.30. The van der Waals surface area contributed by atoms with Gasteiger partial charge in [0.05, 0.1) is 11.2 Å². The Hall–Kier alpha value is -1.88. The number of nitrogens with one attached hydrogen (secondary N) is 2. The zero-order valence-corrected chi connectivity index (χ0v) is 13.3. The minimum atomic E-state index is 0.486. The number of hydrogen-bond donors (Lipinski definition) is 2. The van der Waals surface area contributed by atoms with E-state index in [0.29, 0.717) is 12.3 Å². The predicted octanol–water partition coefficient (Wildman–Crippen LogP) is 2.97. The lowest BCUT2D eigenvalue weighted by Gasteiger charge is -2.32. The summed E-state index contributed by atoms with van der Waals surface area (Å²) in [6, 6.07) is 5.82. The third kappa shape index (κ3) is 3.14. The molecule has 5 nitrogen and oxygen atoms in total. The standard InChI is InChI=1S/C17H24N4O/c1-12(2)10-21-8-6-13(7-9-21)17-19-15-5-3-4-14(18-11-22)16(15)20-17/h3-5,11-13H,6-10H2,1-2H3,(H,18,22)(H,19,20). The van der Waals surface area contributed by atoms with E-state index in [9.17, 15) is 4.79 Å². The van der Waals surface area contributed by atoms with Crippen molar-refractivity contribution in [3.05, 3.63) is 24.0 Å². The molecule has 1 aromatic heterocycles. The number of aromatic nitrogens is 2. The topological polar surface area (TPSA) is 61.0 Å². The van der Waals surface area contributed by atoms with Gasteiger partial charge < -0.3 is 15.2 Å². The lowest BCUT2D eigenvalue weighted by atomic mass is 9.95. The number of carbonyl (C=O) groups is 1. The Morgan fingerprint density at radius 1 is 1.41 bits per heavy atom. The van der Waals surface area contributed by atoms with E-state index in [1.807, 2.05) is 18.2 Å². The van der Waals surface area contributed by atoms with Crippen LogP contribution in [0, 0.1) is 5.92 Å². The normalized spacial score (nSPS) is 17.2. The van der Waals surface area contributed by atoms with Crippen LogP contribution < -0.4 is 5.32 Å². The average Bonchev–Trinajstić information content (AvgIpc) is 2.93. The maximum Gasteiger partial charge on any atom is 0.211 e. The van der Waals surface area contributed by atoms with Crippen LogP contribution in [-0.4, -0.2) is 40.9 Å². The van der Waals surface area contributed by atoms with Gasteiger partial charge in [0.1, 0.15) is 11.3 Å². The molecule has 1 aliphatic heterocycles. The minimum Gasteiger partial charge on any atom is -0.342 e. The van der Waals surface area contributed by atoms with E-state index in [1.54, 1.807) is 0 Å². The van der Waals surface area contributed by atoms with Crippen LogP contribution in [0.4, 0.5) is 5.69 Å². The monoisotopic (exact) mass is 300 g/mol. The number of likely N-dealkylation sites (tertiary alicyclic amines) is 1. The molecule has 3 rings (SSSR count). The molecule has 2 aromatic rings. The summed E-state index contributed by atoms with van der Waals surface area (Å²) in [6.07, 6.45) is 2.99. The Balaban J connectivity index is 1.75. The molecule has 0 saturated carbocycles. The zero-order chi connectivity index (χ0) is 15.5. The molecule has 0 spiro atoms. The molecule has 0 bridgehead atoms. The molecule has 118 valence electrons. The van der Waals surface area contributed by atoms with Gasteiger partial charge in [-0.05, 0) is 44.0 Å². The van der Waals surface area contributed by atoms with Crippen LogP contribution in [0.25, 0.3) is 11.0 Å². The van der Waals surface area contributed by atoms with E-state index >= 15 is 0 Å². The van der Waals surface area contributed by atoms with E-state index in [4.69, 9.17) is 4.98 Å². The SMILES string of the molecule is CC(C)CN1CCC(c2nc3c(NC=O)cccc3[nH]2)CC1. The summed E-state index contributed by atoms with van der Waals surface area (Å²) in [5.41, 5.74) is 2.62. The van der Waals surface area contributed by atoms with Crippen molar-refractivity contribution in [3.63, 3.8) is 0 Å². The number of anilines is 1. The molecule has 1 aromatic carbocycles. The number of hydrogen-bond acceptors (Lipinski definition) is 3. The minimum absolute atomic E-state index is 0.486. The summed E-state index contributed by atoms with van der Waals surface area (Å²) >= 11 is 0. The first-order chi connectivity index (χ1) is 10.7. The van der Waals surface area contributed by atoms with Crippen molar-refractivity contribution < 1.29 is 4.79 Å². The second-order valence-corrected chi connectivity index (χ2v) is 6.55. The van der Waals surface area contributed by atoms with Crippen LogP contribution in [0.3, 0.4) is 0 Å². The molecule has 0 radical (unpaired) electrons. The number of carbonyl (C=O) groups excluding carboxylic acids is 1. The maximum absolute atomic E-state index is 10.7. The molecule has 1 amide bonds. The molecule has 1 fully saturated rings. The second-order valence-electron chi connectivity index (χ2n) is 6.55. The van der Waals surface area contributed by atoms with Gasteiger partial charge in [0.2, 0.25) is 6.41 Å². The third-order valence-electron chi connectivity index (χ3n) is 4.34. The van der Waals surface area contributed by atoms with Gasteiger partial charge in [-0.3, -0.25) is 4.79 Å². The van der Waals surface area contributed by atoms with Crippen molar-refractivity contribution in [2.24, 2.45) is 5.92 Å². The molecular formula is C17H24N4O. The number of para-hydroxylation sites is 1. The first-order valence-corrected chi connectivity index (χ1v) is 8.08. The molecule has 2 heterocycles. The molecule has 1 saturated heterocycles. The first-order valence-electron chi connectivity index (χ1n) is 8.08. The van der Waals surface area contributed by atoms with Crippen LogP contribution in [0.15, 0.2) is 18.2 Å². The maximum atomic E-state index is 10.7. The first kappa shape index (κ1) is 15.0.